The molecule has 0 aliphatic carbocycles. The van der Waals surface area contributed by atoms with Gasteiger partial charge in [0.15, 0.2) is 9.84 Å². The lowest BCUT2D eigenvalue weighted by atomic mass is 10.2. The molecule has 0 radical (unpaired) electrons. The maximum atomic E-state index is 12.1. The Kier molecular flexibility index (Phi) is 5.03. The third-order valence-electron chi connectivity index (χ3n) is 3.10. The highest BCUT2D eigenvalue weighted by Crippen LogP contribution is 2.45. The number of rotatable bonds is 6. The summed E-state index contributed by atoms with van der Waals surface area (Å²) in [5, 5.41) is 8.18. The van der Waals surface area contributed by atoms with Crippen molar-refractivity contribution in [2.24, 2.45) is 5.14 Å². The van der Waals surface area contributed by atoms with E-state index in [0.717, 1.165) is 18.3 Å². The van der Waals surface area contributed by atoms with E-state index in [-0.39, 0.29) is 16.4 Å². The number of nitrogens with two attached hydrogens (primary N) is 1. The van der Waals surface area contributed by atoms with Gasteiger partial charge in [-0.2, -0.15) is 0 Å². The van der Waals surface area contributed by atoms with Gasteiger partial charge in [0.05, 0.1) is 5.75 Å². The highest BCUT2D eigenvalue weighted by Gasteiger charge is 2.42. The fourth-order valence-corrected chi connectivity index (χ4v) is 6.58. The van der Waals surface area contributed by atoms with Gasteiger partial charge >= 0.3 is 0 Å². The number of ether oxygens (including phenoxy) is 1. The Balaban J connectivity index is 2.27. The smallest absolute Gasteiger partial charge is 0.244 e. The van der Waals surface area contributed by atoms with Crippen LogP contribution in [0.3, 0.4) is 0 Å². The van der Waals surface area contributed by atoms with Crippen LogP contribution in [-0.2, 0) is 24.6 Å². The number of fused-ring (bicyclic) bond motifs is 1. The summed E-state index contributed by atoms with van der Waals surface area (Å²) in [5.74, 6) is 0.495. The van der Waals surface area contributed by atoms with Crippen LogP contribution in [0.4, 0.5) is 0 Å². The minimum Gasteiger partial charge on any atom is -0.496 e. The van der Waals surface area contributed by atoms with Gasteiger partial charge < -0.3 is 10.1 Å². The summed E-state index contributed by atoms with van der Waals surface area (Å²) in [6, 6.07) is 0. The Labute approximate surface area is 129 Å². The monoisotopic (exact) mass is 354 g/mol. The Morgan fingerprint density at radius 1 is 1.52 bits per heavy atom. The van der Waals surface area contributed by atoms with E-state index < -0.39 is 24.4 Å². The van der Waals surface area contributed by atoms with Gasteiger partial charge in [-0.3, -0.25) is 0 Å². The van der Waals surface area contributed by atoms with Crippen molar-refractivity contribution in [2.75, 3.05) is 25.4 Å². The Bertz CT molecular complexity index is 679. The van der Waals surface area contributed by atoms with Crippen molar-refractivity contribution < 1.29 is 21.6 Å². The predicted octanol–water partition coefficient (Wildman–Crippen LogP) is -0.112. The highest BCUT2D eigenvalue weighted by atomic mass is 32.3. The second kappa shape index (κ2) is 6.29. The predicted molar refractivity (Wildman–Crippen MR) is 82.5 cm³/mol. The first-order valence-electron chi connectivity index (χ1n) is 6.45. The summed E-state index contributed by atoms with van der Waals surface area (Å²) in [6.07, 6.45) is 1.58. The van der Waals surface area contributed by atoms with Gasteiger partial charge in [0.1, 0.15) is 21.2 Å². The average Bonchev–Trinajstić information content (AvgIpc) is 2.83. The lowest BCUT2D eigenvalue weighted by Gasteiger charge is -2.23. The van der Waals surface area contributed by atoms with E-state index in [4.69, 9.17) is 9.88 Å². The van der Waals surface area contributed by atoms with Crippen LogP contribution in [0.25, 0.3) is 0 Å². The fourth-order valence-electron chi connectivity index (χ4n) is 2.09. The number of hydrogen-bond donors (Lipinski definition) is 2. The molecular weight excluding hydrogens is 336 g/mol. The van der Waals surface area contributed by atoms with Crippen LogP contribution in [0.5, 0.6) is 0 Å². The molecule has 2 aliphatic rings. The second-order valence-corrected chi connectivity index (χ2v) is 10.1. The molecule has 21 heavy (non-hydrogen) atoms. The van der Waals surface area contributed by atoms with Gasteiger partial charge in [0, 0.05) is 18.5 Å². The molecule has 0 fully saturated rings. The van der Waals surface area contributed by atoms with Crippen molar-refractivity contribution in [3.8, 4) is 0 Å². The van der Waals surface area contributed by atoms with E-state index in [2.05, 4.69) is 5.32 Å². The van der Waals surface area contributed by atoms with Gasteiger partial charge in [-0.15, -0.1) is 0 Å². The van der Waals surface area contributed by atoms with E-state index in [1.165, 1.54) is 6.08 Å². The maximum Gasteiger partial charge on any atom is 0.244 e. The number of thioether (sulfide) groups is 1. The minimum absolute atomic E-state index is 0.0452. The van der Waals surface area contributed by atoms with Crippen LogP contribution >= 0.6 is 11.8 Å². The van der Waals surface area contributed by atoms with Crippen molar-refractivity contribution in [3.63, 3.8) is 0 Å². The molecule has 0 aromatic rings. The molecule has 3 N–H and O–H groups in total. The van der Waals surface area contributed by atoms with E-state index in [1.807, 2.05) is 6.92 Å². The first kappa shape index (κ1) is 16.8. The van der Waals surface area contributed by atoms with Crippen molar-refractivity contribution in [1.82, 2.24) is 5.32 Å². The van der Waals surface area contributed by atoms with Crippen LogP contribution in [0, 0.1) is 0 Å². The third kappa shape index (κ3) is 3.81. The number of nitrogens with one attached hydrogen (secondary N) is 1. The van der Waals surface area contributed by atoms with Crippen LogP contribution in [-0.4, -0.2) is 46.9 Å². The van der Waals surface area contributed by atoms with E-state index in [9.17, 15) is 16.8 Å². The number of allylic oxidation sites excluding steroid dienone is 2. The number of primary sulfonamides is 1. The van der Waals surface area contributed by atoms with Gasteiger partial charge in [0.25, 0.3) is 0 Å². The standard InChI is InChI=1S/C11H18N2O5S3/c1-2-13-4-5-18-9-3-6-20(14,15)11-8(9)7-10(19-11)21(12,16)17/h7,11,13H,2-6H2,1H3,(H2,12,16,17). The Morgan fingerprint density at radius 2 is 2.24 bits per heavy atom. The minimum atomic E-state index is -3.91. The van der Waals surface area contributed by atoms with Gasteiger partial charge in [-0.05, 0) is 12.6 Å². The van der Waals surface area contributed by atoms with E-state index >= 15 is 0 Å². The number of likely N-dealkylation sites (N-methyl/N-ethyl adjacent to an activating group) is 1. The summed E-state index contributed by atoms with van der Waals surface area (Å²) in [4.78, 5) is 0. The molecule has 120 valence electrons. The summed E-state index contributed by atoms with van der Waals surface area (Å²) < 4.78 is 51.5. The third-order valence-corrected chi connectivity index (χ3v) is 8.43. The van der Waals surface area contributed by atoms with Gasteiger partial charge in [0.2, 0.25) is 10.0 Å². The van der Waals surface area contributed by atoms with Crippen LogP contribution < -0.4 is 10.5 Å². The first-order chi connectivity index (χ1) is 9.75. The summed E-state index contributed by atoms with van der Waals surface area (Å²) in [5.41, 5.74) is 0.409. The normalized spacial score (nSPS) is 24.7. The molecule has 10 heteroatoms. The molecule has 0 saturated heterocycles. The summed E-state index contributed by atoms with van der Waals surface area (Å²) in [7, 11) is -7.29. The molecule has 2 rings (SSSR count). The Hall–Kier alpha value is -0.550. The SMILES string of the molecule is CCNCCOC1=C2C=C(S(N)(=O)=O)SC2S(=O)(=O)CC1. The molecule has 0 spiro atoms. The van der Waals surface area contributed by atoms with Crippen molar-refractivity contribution >= 4 is 31.6 Å². The highest BCUT2D eigenvalue weighted by molar-refractivity contribution is 8.24. The number of hydrogen-bond acceptors (Lipinski definition) is 7. The lowest BCUT2D eigenvalue weighted by Crippen LogP contribution is -2.28. The van der Waals surface area contributed by atoms with Crippen LogP contribution in [0.2, 0.25) is 0 Å². The summed E-state index contributed by atoms with van der Waals surface area (Å²) >= 11 is 0.763. The Morgan fingerprint density at radius 3 is 2.86 bits per heavy atom. The van der Waals surface area contributed by atoms with E-state index in [0.29, 0.717) is 24.5 Å². The molecule has 2 heterocycles. The zero-order valence-electron chi connectivity index (χ0n) is 11.5. The van der Waals surface area contributed by atoms with Crippen molar-refractivity contribution in [3.05, 3.63) is 21.6 Å². The van der Waals surface area contributed by atoms with Gasteiger partial charge in [-0.1, -0.05) is 18.7 Å². The largest absolute Gasteiger partial charge is 0.496 e. The first-order valence-corrected chi connectivity index (χ1v) is 10.6. The molecule has 1 atom stereocenters. The van der Waals surface area contributed by atoms with E-state index in [1.54, 1.807) is 0 Å². The molecule has 0 aromatic carbocycles. The quantitative estimate of drug-likeness (QED) is 0.639. The molecule has 0 bridgehead atoms. The van der Waals surface area contributed by atoms with Gasteiger partial charge in [-0.25, -0.2) is 22.0 Å². The zero-order chi connectivity index (χ0) is 15.7. The zero-order valence-corrected chi connectivity index (χ0v) is 14.0. The maximum absolute atomic E-state index is 12.1. The topological polar surface area (TPSA) is 116 Å². The molecule has 0 aromatic heterocycles. The molecule has 0 saturated carbocycles. The molecule has 1 unspecified atom stereocenters. The number of sulfone groups is 1. The molecule has 7 nitrogen and oxygen atoms in total. The van der Waals surface area contributed by atoms with Crippen LogP contribution in [0.15, 0.2) is 21.6 Å². The fraction of sp³-hybridized carbons (Fsp3) is 0.636. The molecule has 0 amide bonds. The average molecular weight is 354 g/mol. The van der Waals surface area contributed by atoms with Crippen molar-refractivity contribution in [2.45, 2.75) is 17.9 Å². The summed E-state index contributed by atoms with van der Waals surface area (Å²) in [6.45, 7) is 3.84. The van der Waals surface area contributed by atoms with Crippen molar-refractivity contribution in [1.29, 1.82) is 0 Å². The lowest BCUT2D eigenvalue weighted by molar-refractivity contribution is 0.202. The second-order valence-electron chi connectivity index (χ2n) is 4.66. The van der Waals surface area contributed by atoms with Crippen LogP contribution in [0.1, 0.15) is 13.3 Å². The number of sulfonamides is 1. The molecule has 2 aliphatic heterocycles. The molecular formula is C11H18N2O5S3.